The van der Waals surface area contributed by atoms with E-state index in [1.807, 2.05) is 0 Å². The number of halogens is 1. The van der Waals surface area contributed by atoms with Crippen LogP contribution in [0.25, 0.3) is 28.1 Å². The van der Waals surface area contributed by atoms with Gasteiger partial charge in [-0.05, 0) is 60.4 Å². The highest BCUT2D eigenvalue weighted by Gasteiger charge is 2.26. The second kappa shape index (κ2) is 8.98. The number of aliphatic hydroxyl groups is 1. The van der Waals surface area contributed by atoms with E-state index in [4.69, 9.17) is 9.52 Å². The first-order valence-corrected chi connectivity index (χ1v) is 13.9. The number of rotatable bonds is 7. The van der Waals surface area contributed by atoms with E-state index >= 15 is 0 Å². The zero-order valence-corrected chi connectivity index (χ0v) is 19.4. The zero-order chi connectivity index (χ0) is 23.8. The third-order valence-electron chi connectivity index (χ3n) is 5.42. The van der Waals surface area contributed by atoms with E-state index in [-0.39, 0.29) is 35.1 Å². The second-order valence-corrected chi connectivity index (χ2v) is 12.1. The molecule has 0 bridgehead atoms. The van der Waals surface area contributed by atoms with Gasteiger partial charge in [0, 0.05) is 19.4 Å². The molecule has 0 fully saturated rings. The van der Waals surface area contributed by atoms with Gasteiger partial charge in [0.15, 0.2) is 25.3 Å². The maximum Gasteiger partial charge on any atom is 0.230 e. The first kappa shape index (κ1) is 23.6. The average molecular weight is 495 g/mol. The molecule has 1 aromatic heterocycles. The molecule has 1 atom stereocenters. The first-order chi connectivity index (χ1) is 15.6. The van der Waals surface area contributed by atoms with Gasteiger partial charge < -0.3 is 9.52 Å². The van der Waals surface area contributed by atoms with Gasteiger partial charge in [-0.2, -0.15) is 0 Å². The molecule has 0 saturated heterocycles. The van der Waals surface area contributed by atoms with E-state index in [1.54, 1.807) is 24.3 Å². The highest BCUT2D eigenvalue weighted by atomic mass is 32.2. The summed E-state index contributed by atoms with van der Waals surface area (Å²) in [7, 11) is -6.99. The zero-order valence-electron chi connectivity index (χ0n) is 17.8. The van der Waals surface area contributed by atoms with Crippen LogP contribution >= 0.6 is 0 Å². The molecule has 1 aliphatic rings. The molecule has 8 nitrogen and oxygen atoms in total. The molecular weight excluding hydrogens is 471 g/mol. The average Bonchev–Trinajstić information content (AvgIpc) is 3.20. The Labute approximate surface area is 191 Å². The monoisotopic (exact) mass is 494 g/mol. The molecule has 0 spiro atoms. The van der Waals surface area contributed by atoms with E-state index in [2.05, 4.69) is 10.3 Å². The van der Waals surface area contributed by atoms with Crippen molar-refractivity contribution in [1.82, 2.24) is 10.3 Å². The molecule has 1 aliphatic heterocycles. The predicted molar refractivity (Wildman–Crippen MR) is 122 cm³/mol. The molecule has 3 aromatic rings. The molecule has 4 rings (SSSR count). The van der Waals surface area contributed by atoms with Crippen molar-refractivity contribution in [3.8, 4) is 11.5 Å². The maximum atomic E-state index is 14.6. The molecule has 33 heavy (non-hydrogen) atoms. The second-order valence-electron chi connectivity index (χ2n) is 7.88. The van der Waals surface area contributed by atoms with Crippen molar-refractivity contribution < 1.29 is 30.7 Å². The number of fused-ring (bicyclic) bond motifs is 1. The number of hydrogen-bond donors (Lipinski definition) is 2. The lowest BCUT2D eigenvalue weighted by Crippen LogP contribution is -2.40. The van der Waals surface area contributed by atoms with Crippen LogP contribution in [0, 0.1) is 5.82 Å². The van der Waals surface area contributed by atoms with E-state index in [0.717, 1.165) is 23.5 Å². The Bertz CT molecular complexity index is 1440. The SMILES string of the molecule is CS(=O)(=O)c1ccc(-c2nc3cc(C4=CC(S(=O)(=O)CCCO)NCC4)ccc3o2)c(F)c1. The molecule has 11 heteroatoms. The molecule has 0 aliphatic carbocycles. The number of benzene rings is 2. The van der Waals surface area contributed by atoms with E-state index in [9.17, 15) is 21.2 Å². The van der Waals surface area contributed by atoms with E-state index in [0.29, 0.717) is 24.1 Å². The summed E-state index contributed by atoms with van der Waals surface area (Å²) in [5, 5.41) is 11.1. The van der Waals surface area contributed by atoms with Crippen molar-refractivity contribution in [2.75, 3.05) is 25.2 Å². The molecule has 0 radical (unpaired) electrons. The van der Waals surface area contributed by atoms with Gasteiger partial charge >= 0.3 is 0 Å². The minimum Gasteiger partial charge on any atom is -0.436 e. The van der Waals surface area contributed by atoms with Crippen molar-refractivity contribution in [2.45, 2.75) is 23.1 Å². The summed E-state index contributed by atoms with van der Waals surface area (Å²) in [6.45, 7) is 0.292. The van der Waals surface area contributed by atoms with Crippen molar-refractivity contribution in [3.05, 3.63) is 53.9 Å². The lowest BCUT2D eigenvalue weighted by Gasteiger charge is -2.23. The smallest absolute Gasteiger partial charge is 0.230 e. The number of hydrogen-bond acceptors (Lipinski definition) is 8. The number of sulfone groups is 2. The summed E-state index contributed by atoms with van der Waals surface area (Å²) < 4.78 is 68.5. The fraction of sp³-hybridized carbons (Fsp3) is 0.318. The van der Waals surface area contributed by atoms with Crippen LogP contribution in [-0.2, 0) is 19.7 Å². The van der Waals surface area contributed by atoms with Gasteiger partial charge in [0.2, 0.25) is 5.89 Å². The Kier molecular flexibility index (Phi) is 6.41. The van der Waals surface area contributed by atoms with Crippen LogP contribution in [0.15, 0.2) is 51.8 Å². The maximum absolute atomic E-state index is 14.6. The Balaban J connectivity index is 1.66. The Morgan fingerprint density at radius 3 is 2.67 bits per heavy atom. The van der Waals surface area contributed by atoms with Crippen LogP contribution in [0.2, 0.25) is 0 Å². The summed E-state index contributed by atoms with van der Waals surface area (Å²) in [5.74, 6) is -0.856. The molecule has 2 N–H and O–H groups in total. The van der Waals surface area contributed by atoms with Gasteiger partial charge in [-0.3, -0.25) is 5.32 Å². The normalized spacial score (nSPS) is 17.3. The van der Waals surface area contributed by atoms with Crippen LogP contribution in [-0.4, -0.2) is 57.5 Å². The first-order valence-electron chi connectivity index (χ1n) is 10.3. The van der Waals surface area contributed by atoms with Crippen molar-refractivity contribution >= 4 is 36.3 Å². The van der Waals surface area contributed by atoms with Gasteiger partial charge in [0.1, 0.15) is 16.7 Å². The Hall–Kier alpha value is -2.60. The fourth-order valence-electron chi connectivity index (χ4n) is 3.68. The van der Waals surface area contributed by atoms with Crippen molar-refractivity contribution in [3.63, 3.8) is 0 Å². The Morgan fingerprint density at radius 1 is 1.18 bits per heavy atom. The summed E-state index contributed by atoms with van der Waals surface area (Å²) in [6, 6.07) is 8.76. The number of oxazole rings is 1. The topological polar surface area (TPSA) is 127 Å². The lowest BCUT2D eigenvalue weighted by atomic mass is 10.00. The van der Waals surface area contributed by atoms with Crippen molar-refractivity contribution in [2.24, 2.45) is 0 Å². The van der Waals surface area contributed by atoms with Crippen LogP contribution in [0.3, 0.4) is 0 Å². The molecule has 176 valence electrons. The number of aliphatic hydroxyl groups excluding tert-OH is 1. The minimum atomic E-state index is -3.55. The summed E-state index contributed by atoms with van der Waals surface area (Å²) >= 11 is 0. The standard InChI is InChI=1S/C22H23FN2O6S2/c1-32(27,28)16-4-5-17(18(23)13-16)22-25-19-11-14(3-6-20(19)31-22)15-7-8-24-21(12-15)33(29,30)10-2-9-26/h3-6,11-13,21,24,26H,2,7-10H2,1H3. The van der Waals surface area contributed by atoms with Gasteiger partial charge in [0.05, 0.1) is 16.2 Å². The number of nitrogens with one attached hydrogen (secondary N) is 1. The lowest BCUT2D eigenvalue weighted by molar-refractivity contribution is 0.295. The van der Waals surface area contributed by atoms with Crippen molar-refractivity contribution in [1.29, 1.82) is 0 Å². The van der Waals surface area contributed by atoms with Crippen LogP contribution in [0.5, 0.6) is 0 Å². The van der Waals surface area contributed by atoms with E-state index in [1.165, 1.54) is 12.1 Å². The van der Waals surface area contributed by atoms with E-state index < -0.39 is 30.9 Å². The predicted octanol–water partition coefficient (Wildman–Crippen LogP) is 2.54. The molecule has 2 heterocycles. The highest BCUT2D eigenvalue weighted by molar-refractivity contribution is 7.92. The summed E-state index contributed by atoms with van der Waals surface area (Å²) in [4.78, 5) is 4.22. The van der Waals surface area contributed by atoms with Gasteiger partial charge in [-0.25, -0.2) is 26.2 Å². The summed E-state index contributed by atoms with van der Waals surface area (Å²) in [6.07, 6.45) is 3.46. The quantitative estimate of drug-likeness (QED) is 0.513. The van der Waals surface area contributed by atoms with Crippen LogP contribution in [0.4, 0.5) is 4.39 Å². The fourth-order valence-corrected chi connectivity index (χ4v) is 5.84. The van der Waals surface area contributed by atoms with Gasteiger partial charge in [-0.1, -0.05) is 6.07 Å². The molecule has 0 saturated carbocycles. The summed E-state index contributed by atoms with van der Waals surface area (Å²) in [5.41, 5.74) is 2.53. The van der Waals surface area contributed by atoms with Crippen LogP contribution < -0.4 is 5.32 Å². The van der Waals surface area contributed by atoms with Crippen LogP contribution in [0.1, 0.15) is 18.4 Å². The minimum absolute atomic E-state index is 0.0171. The highest BCUT2D eigenvalue weighted by Crippen LogP contribution is 2.31. The third kappa shape index (κ3) is 5.01. The molecule has 1 unspecified atom stereocenters. The Morgan fingerprint density at radius 2 is 1.97 bits per heavy atom. The molecule has 0 amide bonds. The largest absolute Gasteiger partial charge is 0.436 e. The van der Waals surface area contributed by atoms with Gasteiger partial charge in [0.25, 0.3) is 0 Å². The third-order valence-corrected chi connectivity index (χ3v) is 8.47. The molecular formula is C22H23FN2O6S2. The molecule has 2 aromatic carbocycles. The number of nitrogens with zero attached hydrogens (tertiary/aromatic N) is 1. The number of aromatic nitrogens is 1. The van der Waals surface area contributed by atoms with Gasteiger partial charge in [-0.15, -0.1) is 0 Å².